The monoisotopic (exact) mass is 507 g/mol. The molecule has 162 valence electrons. The predicted octanol–water partition coefficient (Wildman–Crippen LogP) is 5.91. The Morgan fingerprint density at radius 1 is 1.03 bits per heavy atom. The second-order valence-corrected chi connectivity index (χ2v) is 9.84. The standard InChI is InChI=1S/C21H19BrNO7P/c1-26-20-14-8-9-29-16(14)10-17-18(20)19(24)15(11-30-17)21(31(25,27-2)28-3)23-13-6-4-12(22)5-7-13/h4-11,21,23H,1-3H3. The fourth-order valence-electron chi connectivity index (χ4n) is 3.41. The average Bonchev–Trinajstić information content (AvgIpc) is 3.26. The summed E-state index contributed by atoms with van der Waals surface area (Å²) in [6.07, 6.45) is 2.75. The number of hydrogen-bond acceptors (Lipinski definition) is 8. The van der Waals surface area contributed by atoms with Crippen LogP contribution >= 0.6 is 23.5 Å². The first-order valence-electron chi connectivity index (χ1n) is 9.14. The smallest absolute Gasteiger partial charge is 0.356 e. The molecule has 10 heteroatoms. The van der Waals surface area contributed by atoms with Gasteiger partial charge in [-0.25, -0.2) is 0 Å². The van der Waals surface area contributed by atoms with Crippen LogP contribution in [0, 0.1) is 0 Å². The van der Waals surface area contributed by atoms with Crippen LogP contribution < -0.4 is 15.5 Å². The number of benzene rings is 2. The third-order valence-corrected chi connectivity index (χ3v) is 7.54. The molecule has 1 N–H and O–H groups in total. The molecular weight excluding hydrogens is 489 g/mol. The number of anilines is 1. The van der Waals surface area contributed by atoms with Gasteiger partial charge in [0.2, 0.25) is 5.43 Å². The number of fused-ring (bicyclic) bond motifs is 2. The molecule has 4 aromatic rings. The number of furan rings is 1. The number of nitrogens with one attached hydrogen (secondary N) is 1. The van der Waals surface area contributed by atoms with Crippen LogP contribution in [0.25, 0.3) is 21.9 Å². The van der Waals surface area contributed by atoms with Gasteiger partial charge >= 0.3 is 7.60 Å². The van der Waals surface area contributed by atoms with Crippen molar-refractivity contribution in [2.75, 3.05) is 26.6 Å². The Morgan fingerprint density at radius 3 is 2.39 bits per heavy atom. The zero-order valence-electron chi connectivity index (χ0n) is 16.9. The molecular formula is C21H19BrNO7P. The van der Waals surface area contributed by atoms with Gasteiger partial charge in [-0.2, -0.15) is 0 Å². The minimum absolute atomic E-state index is 0.0728. The van der Waals surface area contributed by atoms with Gasteiger partial charge in [0.25, 0.3) is 0 Å². The Kier molecular flexibility index (Phi) is 5.94. The third kappa shape index (κ3) is 3.78. The Hall–Kier alpha value is -2.58. The molecule has 0 fully saturated rings. The number of halogens is 1. The van der Waals surface area contributed by atoms with E-state index in [1.807, 2.05) is 12.1 Å². The molecule has 0 bridgehead atoms. The van der Waals surface area contributed by atoms with Crippen molar-refractivity contribution in [3.05, 3.63) is 69.2 Å². The first-order chi connectivity index (χ1) is 14.9. The normalized spacial score (nSPS) is 12.9. The average molecular weight is 508 g/mol. The van der Waals surface area contributed by atoms with Crippen LogP contribution in [0.2, 0.25) is 0 Å². The summed E-state index contributed by atoms with van der Waals surface area (Å²) in [5, 5.41) is 3.91. The highest BCUT2D eigenvalue weighted by molar-refractivity contribution is 9.10. The second kappa shape index (κ2) is 8.51. The van der Waals surface area contributed by atoms with Gasteiger partial charge < -0.3 is 27.9 Å². The maximum absolute atomic E-state index is 13.6. The zero-order valence-corrected chi connectivity index (χ0v) is 19.4. The molecule has 0 saturated heterocycles. The molecule has 31 heavy (non-hydrogen) atoms. The topological polar surface area (TPSA) is 100 Å². The lowest BCUT2D eigenvalue weighted by Gasteiger charge is -2.26. The third-order valence-electron chi connectivity index (χ3n) is 4.95. The SMILES string of the molecule is COc1c2ccoc2cc2occ(C(Nc3ccc(Br)cc3)P(=O)(OC)OC)c(=O)c12. The molecule has 2 aromatic heterocycles. The van der Waals surface area contributed by atoms with Crippen molar-refractivity contribution in [3.8, 4) is 5.75 Å². The molecule has 4 rings (SSSR count). The molecule has 2 aromatic carbocycles. The minimum Gasteiger partial charge on any atom is -0.495 e. The first kappa shape index (κ1) is 21.6. The van der Waals surface area contributed by atoms with Crippen molar-refractivity contribution in [1.29, 1.82) is 0 Å². The Morgan fingerprint density at radius 2 is 1.74 bits per heavy atom. The van der Waals surface area contributed by atoms with Gasteiger partial charge in [-0.15, -0.1) is 0 Å². The van der Waals surface area contributed by atoms with Gasteiger partial charge in [0.15, 0.2) is 5.78 Å². The molecule has 0 amide bonds. The number of rotatable bonds is 7. The lowest BCUT2D eigenvalue weighted by atomic mass is 10.1. The van der Waals surface area contributed by atoms with Crippen molar-refractivity contribution in [3.63, 3.8) is 0 Å². The Labute approximate surface area is 185 Å². The Balaban J connectivity index is 1.95. The van der Waals surface area contributed by atoms with Crippen LogP contribution in [0.4, 0.5) is 5.69 Å². The van der Waals surface area contributed by atoms with Crippen molar-refractivity contribution in [2.24, 2.45) is 0 Å². The van der Waals surface area contributed by atoms with Crippen LogP contribution in [-0.2, 0) is 13.6 Å². The van der Waals surface area contributed by atoms with E-state index in [4.69, 9.17) is 22.6 Å². The van der Waals surface area contributed by atoms with E-state index < -0.39 is 18.8 Å². The highest BCUT2D eigenvalue weighted by Gasteiger charge is 2.38. The Bertz CT molecular complexity index is 1340. The van der Waals surface area contributed by atoms with Gasteiger partial charge in [-0.05, 0) is 30.3 Å². The van der Waals surface area contributed by atoms with Crippen LogP contribution in [0.3, 0.4) is 0 Å². The second-order valence-electron chi connectivity index (χ2n) is 6.59. The molecule has 1 unspecified atom stereocenters. The van der Waals surface area contributed by atoms with E-state index in [2.05, 4.69) is 21.2 Å². The van der Waals surface area contributed by atoms with Gasteiger partial charge in [0, 0.05) is 30.4 Å². The summed E-state index contributed by atoms with van der Waals surface area (Å²) in [7, 11) is 0.186. The van der Waals surface area contributed by atoms with Gasteiger partial charge in [-0.3, -0.25) is 9.36 Å². The fourth-order valence-corrected chi connectivity index (χ4v) is 5.07. The highest BCUT2D eigenvalue weighted by atomic mass is 79.9. The van der Waals surface area contributed by atoms with Crippen molar-refractivity contribution >= 4 is 51.2 Å². The molecule has 0 saturated carbocycles. The summed E-state index contributed by atoms with van der Waals surface area (Å²) >= 11 is 3.38. The number of ether oxygens (including phenoxy) is 1. The lowest BCUT2D eigenvalue weighted by molar-refractivity contribution is 0.268. The summed E-state index contributed by atoms with van der Waals surface area (Å²) in [4.78, 5) is 13.6. The van der Waals surface area contributed by atoms with E-state index in [1.165, 1.54) is 33.9 Å². The zero-order chi connectivity index (χ0) is 22.2. The summed E-state index contributed by atoms with van der Waals surface area (Å²) in [6, 6.07) is 10.5. The van der Waals surface area contributed by atoms with Crippen molar-refractivity contribution < 1.29 is 27.2 Å². The van der Waals surface area contributed by atoms with Crippen LogP contribution in [0.15, 0.2) is 67.0 Å². The molecule has 2 heterocycles. The van der Waals surface area contributed by atoms with Crippen LogP contribution in [0.1, 0.15) is 11.3 Å². The van der Waals surface area contributed by atoms with Crippen molar-refractivity contribution in [2.45, 2.75) is 5.78 Å². The summed E-state index contributed by atoms with van der Waals surface area (Å²) in [6.45, 7) is 0. The molecule has 0 aliphatic carbocycles. The molecule has 0 aliphatic rings. The fraction of sp³-hybridized carbons (Fsp3) is 0.190. The van der Waals surface area contributed by atoms with E-state index in [-0.39, 0.29) is 16.5 Å². The van der Waals surface area contributed by atoms with Gasteiger partial charge in [0.1, 0.15) is 28.6 Å². The minimum atomic E-state index is -3.80. The molecule has 8 nitrogen and oxygen atoms in total. The van der Waals surface area contributed by atoms with Crippen molar-refractivity contribution in [1.82, 2.24) is 0 Å². The maximum atomic E-state index is 13.6. The molecule has 1 atom stereocenters. The lowest BCUT2D eigenvalue weighted by Crippen LogP contribution is -2.21. The van der Waals surface area contributed by atoms with E-state index >= 15 is 0 Å². The van der Waals surface area contributed by atoms with Gasteiger partial charge in [-0.1, -0.05) is 15.9 Å². The summed E-state index contributed by atoms with van der Waals surface area (Å²) in [5.74, 6) is -0.821. The number of hydrogen-bond donors (Lipinski definition) is 1. The first-order valence-corrected chi connectivity index (χ1v) is 11.5. The quantitative estimate of drug-likeness (QED) is 0.308. The summed E-state index contributed by atoms with van der Waals surface area (Å²) < 4.78 is 41.4. The van der Waals surface area contributed by atoms with Crippen LogP contribution in [-0.4, -0.2) is 21.3 Å². The predicted molar refractivity (Wildman–Crippen MR) is 121 cm³/mol. The van der Waals surface area contributed by atoms with Crippen LogP contribution in [0.5, 0.6) is 5.75 Å². The van der Waals surface area contributed by atoms with E-state index in [0.717, 1.165) is 4.47 Å². The van der Waals surface area contributed by atoms with E-state index in [1.54, 1.807) is 24.3 Å². The maximum Gasteiger partial charge on any atom is 0.356 e. The molecule has 0 aliphatic heterocycles. The molecule has 0 radical (unpaired) electrons. The highest BCUT2D eigenvalue weighted by Crippen LogP contribution is 2.59. The van der Waals surface area contributed by atoms with Gasteiger partial charge in [0.05, 0.1) is 24.3 Å². The van der Waals surface area contributed by atoms with E-state index in [0.29, 0.717) is 22.4 Å². The number of methoxy groups -OCH3 is 1. The van der Waals surface area contributed by atoms with E-state index in [9.17, 15) is 9.36 Å². The molecule has 0 spiro atoms. The summed E-state index contributed by atoms with van der Waals surface area (Å²) in [5.41, 5.74) is 1.05. The largest absolute Gasteiger partial charge is 0.495 e.